The van der Waals surface area contributed by atoms with Crippen molar-refractivity contribution in [2.45, 2.75) is 37.3 Å². The molecular weight excluding hydrogens is 439 g/mol. The minimum Gasteiger partial charge on any atom is -0.508 e. The Bertz CT molecular complexity index is 1130. The van der Waals surface area contributed by atoms with Gasteiger partial charge in [-0.3, -0.25) is 14.5 Å². The summed E-state index contributed by atoms with van der Waals surface area (Å²) >= 11 is 0. The van der Waals surface area contributed by atoms with Gasteiger partial charge in [-0.25, -0.2) is 4.98 Å². The molecule has 1 aliphatic heterocycles. The van der Waals surface area contributed by atoms with Gasteiger partial charge in [0.15, 0.2) is 0 Å². The van der Waals surface area contributed by atoms with Crippen LogP contribution in [-0.2, 0) is 6.54 Å². The van der Waals surface area contributed by atoms with Crippen molar-refractivity contribution in [3.8, 4) is 16.9 Å². The first-order valence-electron chi connectivity index (χ1n) is 10.2. The van der Waals surface area contributed by atoms with Gasteiger partial charge in [-0.1, -0.05) is 6.07 Å². The predicted octanol–water partition coefficient (Wildman–Crippen LogP) is 2.12. The van der Waals surface area contributed by atoms with Gasteiger partial charge in [-0.2, -0.15) is 18.3 Å². The highest BCUT2D eigenvalue weighted by molar-refractivity contribution is 5.92. The van der Waals surface area contributed by atoms with Crippen LogP contribution >= 0.6 is 0 Å². The molecule has 3 aromatic rings. The van der Waals surface area contributed by atoms with Crippen LogP contribution in [0.2, 0.25) is 0 Å². The van der Waals surface area contributed by atoms with Crippen molar-refractivity contribution < 1.29 is 23.1 Å². The molecule has 1 aliphatic rings. The molecule has 0 radical (unpaired) electrons. The summed E-state index contributed by atoms with van der Waals surface area (Å²) in [5.74, 6) is -0.390. The van der Waals surface area contributed by atoms with Crippen LogP contribution in [0.5, 0.6) is 5.75 Å². The molecule has 1 saturated heterocycles. The van der Waals surface area contributed by atoms with Crippen molar-refractivity contribution in [2.75, 3.05) is 6.54 Å². The van der Waals surface area contributed by atoms with Crippen molar-refractivity contribution in [3.05, 3.63) is 60.4 Å². The SMILES string of the molecule is N[C@]1(NC(=O)c2cnccn2)CC[C@@H](c2cc(-c3cnn(CC(F)(F)F)c3)ccc2O)NC1. The number of nitrogens with two attached hydrogens (primary N) is 1. The number of carbonyl (C=O) groups excluding carboxylic acids is 1. The number of alkyl halides is 3. The molecule has 9 nitrogen and oxygen atoms in total. The van der Waals surface area contributed by atoms with E-state index >= 15 is 0 Å². The van der Waals surface area contributed by atoms with E-state index in [1.165, 1.54) is 37.1 Å². The van der Waals surface area contributed by atoms with Crippen molar-refractivity contribution in [1.29, 1.82) is 0 Å². The van der Waals surface area contributed by atoms with E-state index in [0.717, 1.165) is 4.68 Å². The zero-order chi connectivity index (χ0) is 23.6. The number of phenolic OH excluding ortho intramolecular Hbond substituents is 1. The zero-order valence-corrected chi connectivity index (χ0v) is 17.4. The van der Waals surface area contributed by atoms with E-state index < -0.39 is 24.3 Å². The summed E-state index contributed by atoms with van der Waals surface area (Å²) in [6, 6.07) is 4.56. The van der Waals surface area contributed by atoms with Crippen LogP contribution in [0.4, 0.5) is 13.2 Å². The number of piperidine rings is 1. The molecule has 0 aliphatic carbocycles. The fourth-order valence-corrected chi connectivity index (χ4v) is 3.77. The van der Waals surface area contributed by atoms with Gasteiger partial charge in [0.05, 0.1) is 12.4 Å². The van der Waals surface area contributed by atoms with E-state index in [-0.39, 0.29) is 24.0 Å². The maximum Gasteiger partial charge on any atom is 0.408 e. The second-order valence-corrected chi connectivity index (χ2v) is 7.99. The van der Waals surface area contributed by atoms with E-state index in [9.17, 15) is 23.1 Å². The number of amides is 1. The third-order valence-electron chi connectivity index (χ3n) is 5.41. The van der Waals surface area contributed by atoms with Crippen LogP contribution in [0.15, 0.2) is 49.2 Å². The molecule has 3 heterocycles. The van der Waals surface area contributed by atoms with Gasteiger partial charge in [-0.05, 0) is 30.5 Å². The highest BCUT2D eigenvalue weighted by Crippen LogP contribution is 2.35. The maximum absolute atomic E-state index is 12.6. The number of hydrogen-bond donors (Lipinski definition) is 4. The van der Waals surface area contributed by atoms with Crippen molar-refractivity contribution >= 4 is 5.91 Å². The summed E-state index contributed by atoms with van der Waals surface area (Å²) in [5, 5.41) is 20.2. The largest absolute Gasteiger partial charge is 0.508 e. The second-order valence-electron chi connectivity index (χ2n) is 7.99. The first-order valence-corrected chi connectivity index (χ1v) is 10.2. The van der Waals surface area contributed by atoms with Gasteiger partial charge < -0.3 is 21.5 Å². The summed E-state index contributed by atoms with van der Waals surface area (Å²) in [6.07, 6.45) is 3.43. The molecule has 33 heavy (non-hydrogen) atoms. The highest BCUT2D eigenvalue weighted by Gasteiger charge is 2.35. The number of nitrogens with zero attached hydrogens (tertiary/aromatic N) is 4. The molecule has 0 spiro atoms. The molecule has 12 heteroatoms. The Balaban J connectivity index is 1.45. The second kappa shape index (κ2) is 8.79. The van der Waals surface area contributed by atoms with Gasteiger partial charge >= 0.3 is 6.18 Å². The standard InChI is InChI=1S/C21H22F3N7O2/c22-21(23,24)12-31-10-14(8-29-31)13-1-2-18(32)15(7-13)16-3-4-20(25,11-28-16)30-19(33)17-9-26-5-6-27-17/h1-2,5-10,16,28,32H,3-4,11-12,25H2,(H,30,33)/t16-,20-/m0/s1. The number of carbonyl (C=O) groups is 1. The van der Waals surface area contributed by atoms with E-state index in [2.05, 4.69) is 25.7 Å². The average Bonchev–Trinajstić information content (AvgIpc) is 3.22. The Labute approximate surface area is 186 Å². The van der Waals surface area contributed by atoms with E-state index in [0.29, 0.717) is 29.5 Å². The summed E-state index contributed by atoms with van der Waals surface area (Å²) in [5.41, 5.74) is 7.18. The number of halogens is 3. The number of nitrogens with one attached hydrogen (secondary N) is 2. The van der Waals surface area contributed by atoms with Crippen molar-refractivity contribution in [3.63, 3.8) is 0 Å². The van der Waals surface area contributed by atoms with E-state index in [1.807, 2.05) is 0 Å². The van der Waals surface area contributed by atoms with Crippen LogP contribution in [-0.4, -0.2) is 49.1 Å². The van der Waals surface area contributed by atoms with Gasteiger partial charge in [0, 0.05) is 42.3 Å². The molecule has 2 atom stereocenters. The van der Waals surface area contributed by atoms with Crippen LogP contribution in [0, 0.1) is 0 Å². The third-order valence-corrected chi connectivity index (χ3v) is 5.41. The van der Waals surface area contributed by atoms with Crippen molar-refractivity contribution in [2.24, 2.45) is 5.73 Å². The quantitative estimate of drug-likeness (QED) is 0.428. The van der Waals surface area contributed by atoms with Crippen LogP contribution in [0.1, 0.15) is 34.9 Å². The Kier molecular flexibility index (Phi) is 6.04. The Morgan fingerprint density at radius 2 is 2.12 bits per heavy atom. The lowest BCUT2D eigenvalue weighted by molar-refractivity contribution is -0.142. The summed E-state index contributed by atoms with van der Waals surface area (Å²) in [4.78, 5) is 20.2. The molecule has 5 N–H and O–H groups in total. The highest BCUT2D eigenvalue weighted by atomic mass is 19.4. The number of phenols is 1. The monoisotopic (exact) mass is 461 g/mol. The Morgan fingerprint density at radius 1 is 1.30 bits per heavy atom. The fourth-order valence-electron chi connectivity index (χ4n) is 3.77. The van der Waals surface area contributed by atoms with E-state index in [1.54, 1.807) is 12.1 Å². The van der Waals surface area contributed by atoms with Crippen molar-refractivity contribution in [1.82, 2.24) is 30.4 Å². The fraction of sp³-hybridized carbons (Fsp3) is 0.333. The number of aromatic nitrogens is 4. The van der Waals surface area contributed by atoms with Crippen LogP contribution < -0.4 is 16.4 Å². The minimum atomic E-state index is -4.37. The number of aromatic hydroxyl groups is 1. The molecule has 1 fully saturated rings. The van der Waals surface area contributed by atoms with Crippen LogP contribution in [0.25, 0.3) is 11.1 Å². The molecule has 1 aromatic carbocycles. The van der Waals surface area contributed by atoms with E-state index in [4.69, 9.17) is 5.73 Å². The van der Waals surface area contributed by atoms with Gasteiger partial charge in [-0.15, -0.1) is 0 Å². The molecule has 174 valence electrons. The molecule has 2 aromatic heterocycles. The number of rotatable bonds is 5. The summed E-state index contributed by atoms with van der Waals surface area (Å²) < 4.78 is 38.6. The van der Waals surface area contributed by atoms with Gasteiger partial charge in [0.2, 0.25) is 0 Å². The summed E-state index contributed by atoms with van der Waals surface area (Å²) in [7, 11) is 0. The first-order chi connectivity index (χ1) is 15.6. The smallest absolute Gasteiger partial charge is 0.408 e. The molecule has 1 amide bonds. The number of hydrogen-bond acceptors (Lipinski definition) is 7. The Morgan fingerprint density at radius 3 is 2.79 bits per heavy atom. The lowest BCUT2D eigenvalue weighted by Crippen LogP contribution is -2.64. The average molecular weight is 461 g/mol. The molecule has 0 unspecified atom stereocenters. The maximum atomic E-state index is 12.6. The van der Waals surface area contributed by atoms with Gasteiger partial charge in [0.25, 0.3) is 5.91 Å². The molecular formula is C21H22F3N7O2. The number of benzene rings is 1. The normalized spacial score (nSPS) is 21.0. The Hall–Kier alpha value is -3.51. The molecule has 0 saturated carbocycles. The topological polar surface area (TPSA) is 131 Å². The van der Waals surface area contributed by atoms with Crippen LogP contribution in [0.3, 0.4) is 0 Å². The predicted molar refractivity (Wildman–Crippen MR) is 112 cm³/mol. The third kappa shape index (κ3) is 5.46. The molecule has 4 rings (SSSR count). The summed E-state index contributed by atoms with van der Waals surface area (Å²) in [6.45, 7) is -0.947. The lowest BCUT2D eigenvalue weighted by Gasteiger charge is -2.38. The molecule has 0 bridgehead atoms. The minimum absolute atomic E-state index is 0.0482. The zero-order valence-electron chi connectivity index (χ0n) is 17.4. The van der Waals surface area contributed by atoms with Gasteiger partial charge in [0.1, 0.15) is 23.7 Å². The lowest BCUT2D eigenvalue weighted by atomic mass is 9.89. The first kappa shape index (κ1) is 22.7.